The van der Waals surface area contributed by atoms with Crippen LogP contribution in [0.2, 0.25) is 0 Å². The monoisotopic (exact) mass is 479 g/mol. The lowest BCUT2D eigenvalue weighted by atomic mass is 9.86. The van der Waals surface area contributed by atoms with Crippen molar-refractivity contribution in [2.24, 2.45) is 14.1 Å². The van der Waals surface area contributed by atoms with Crippen LogP contribution in [0, 0.1) is 0 Å². The van der Waals surface area contributed by atoms with Gasteiger partial charge >= 0.3 is 5.69 Å². The standard InChI is InChI=1S/C21H26BrN3O3S/c1-13(14-7-9-15(10-8-14)21(2,3)4)23-29(27,28)19-12-18-17(11-16(19)22)24(5)20(26)25(18)6/h7-13,23H,1-6H3/t13-/m0/s1. The third-order valence-corrected chi connectivity index (χ3v) is 7.72. The smallest absolute Gasteiger partial charge is 0.295 e. The molecule has 0 fully saturated rings. The first-order chi connectivity index (χ1) is 13.3. The van der Waals surface area contributed by atoms with Gasteiger partial charge in [0.1, 0.15) is 0 Å². The summed E-state index contributed by atoms with van der Waals surface area (Å²) in [4.78, 5) is 12.3. The number of aromatic nitrogens is 2. The van der Waals surface area contributed by atoms with E-state index in [-0.39, 0.29) is 16.0 Å². The van der Waals surface area contributed by atoms with Crippen molar-refractivity contribution in [3.8, 4) is 0 Å². The van der Waals surface area contributed by atoms with E-state index in [2.05, 4.69) is 41.4 Å². The molecule has 1 N–H and O–H groups in total. The van der Waals surface area contributed by atoms with E-state index in [4.69, 9.17) is 0 Å². The first-order valence-electron chi connectivity index (χ1n) is 9.30. The second-order valence-corrected chi connectivity index (χ2v) is 10.9. The molecule has 2 aromatic carbocycles. The molecule has 0 bridgehead atoms. The molecule has 3 rings (SSSR count). The van der Waals surface area contributed by atoms with Crippen LogP contribution in [0.5, 0.6) is 0 Å². The molecule has 156 valence electrons. The lowest BCUT2D eigenvalue weighted by molar-refractivity contribution is 0.565. The molecule has 1 heterocycles. The van der Waals surface area contributed by atoms with Crippen LogP contribution in [0.4, 0.5) is 0 Å². The summed E-state index contributed by atoms with van der Waals surface area (Å²) in [5.41, 5.74) is 3.12. The van der Waals surface area contributed by atoms with Crippen LogP contribution >= 0.6 is 15.9 Å². The van der Waals surface area contributed by atoms with Crippen molar-refractivity contribution in [1.82, 2.24) is 13.9 Å². The van der Waals surface area contributed by atoms with Gasteiger partial charge in [-0.05, 0) is 51.5 Å². The second kappa shape index (κ2) is 7.41. The summed E-state index contributed by atoms with van der Waals surface area (Å²) < 4.78 is 32.2. The van der Waals surface area contributed by atoms with Gasteiger partial charge in [-0.3, -0.25) is 9.13 Å². The Morgan fingerprint density at radius 1 is 1.00 bits per heavy atom. The average molecular weight is 480 g/mol. The predicted octanol–water partition coefficient (Wildman–Crippen LogP) is 3.98. The first-order valence-corrected chi connectivity index (χ1v) is 11.6. The zero-order valence-electron chi connectivity index (χ0n) is 17.4. The number of aryl methyl sites for hydroxylation is 2. The van der Waals surface area contributed by atoms with E-state index in [1.165, 1.54) is 20.8 Å². The fourth-order valence-corrected chi connectivity index (χ4v) is 5.62. The maximum atomic E-state index is 13.1. The Balaban J connectivity index is 1.96. The molecule has 8 heteroatoms. The van der Waals surface area contributed by atoms with Gasteiger partial charge in [0.05, 0.1) is 15.9 Å². The molecule has 1 aromatic heterocycles. The lowest BCUT2D eigenvalue weighted by Crippen LogP contribution is -2.27. The number of imidazole rings is 1. The summed E-state index contributed by atoms with van der Waals surface area (Å²) in [6.45, 7) is 8.23. The van der Waals surface area contributed by atoms with Crippen molar-refractivity contribution >= 4 is 37.0 Å². The Kier molecular flexibility index (Phi) is 5.57. The Labute approximate surface area is 179 Å². The van der Waals surface area contributed by atoms with Gasteiger partial charge in [0.2, 0.25) is 10.0 Å². The van der Waals surface area contributed by atoms with Gasteiger partial charge in [-0.2, -0.15) is 0 Å². The molecule has 0 aliphatic heterocycles. The summed E-state index contributed by atoms with van der Waals surface area (Å²) in [5.74, 6) is 0. The molecule has 0 saturated heterocycles. The normalized spacial score (nSPS) is 13.8. The van der Waals surface area contributed by atoms with E-state index in [9.17, 15) is 13.2 Å². The number of benzene rings is 2. The number of halogens is 1. The van der Waals surface area contributed by atoms with Crippen LogP contribution in [0.3, 0.4) is 0 Å². The molecule has 0 radical (unpaired) electrons. The zero-order valence-corrected chi connectivity index (χ0v) is 19.8. The van der Waals surface area contributed by atoms with Crippen LogP contribution < -0.4 is 10.4 Å². The van der Waals surface area contributed by atoms with Crippen LogP contribution in [0.1, 0.15) is 44.9 Å². The van der Waals surface area contributed by atoms with E-state index in [1.807, 2.05) is 31.2 Å². The van der Waals surface area contributed by atoms with Crippen molar-refractivity contribution in [3.63, 3.8) is 0 Å². The highest BCUT2D eigenvalue weighted by atomic mass is 79.9. The van der Waals surface area contributed by atoms with Gasteiger partial charge < -0.3 is 0 Å². The Hall–Kier alpha value is -1.90. The van der Waals surface area contributed by atoms with E-state index in [1.54, 1.807) is 20.2 Å². The maximum Gasteiger partial charge on any atom is 0.328 e. The van der Waals surface area contributed by atoms with Crippen LogP contribution in [0.15, 0.2) is 50.6 Å². The van der Waals surface area contributed by atoms with Gasteiger partial charge in [0, 0.05) is 24.6 Å². The predicted molar refractivity (Wildman–Crippen MR) is 120 cm³/mol. The van der Waals surface area contributed by atoms with E-state index < -0.39 is 16.1 Å². The van der Waals surface area contributed by atoms with Gasteiger partial charge in [0.25, 0.3) is 0 Å². The highest BCUT2D eigenvalue weighted by Crippen LogP contribution is 2.29. The van der Waals surface area contributed by atoms with Crippen molar-refractivity contribution in [3.05, 3.63) is 62.5 Å². The molecule has 0 aliphatic carbocycles. The van der Waals surface area contributed by atoms with E-state index >= 15 is 0 Å². The molecule has 0 saturated carbocycles. The topological polar surface area (TPSA) is 73.1 Å². The Morgan fingerprint density at radius 2 is 1.52 bits per heavy atom. The minimum Gasteiger partial charge on any atom is -0.295 e. The Bertz CT molecular complexity index is 1230. The number of hydrogen-bond acceptors (Lipinski definition) is 3. The van der Waals surface area contributed by atoms with Crippen molar-refractivity contribution < 1.29 is 8.42 Å². The summed E-state index contributed by atoms with van der Waals surface area (Å²) >= 11 is 3.35. The van der Waals surface area contributed by atoms with Crippen LogP contribution in [-0.2, 0) is 29.5 Å². The minimum absolute atomic E-state index is 0.0349. The van der Waals surface area contributed by atoms with E-state index in [0.717, 1.165) is 5.56 Å². The highest BCUT2D eigenvalue weighted by Gasteiger charge is 2.24. The molecule has 29 heavy (non-hydrogen) atoms. The molecule has 3 aromatic rings. The molecular formula is C21H26BrN3O3S. The molecule has 0 amide bonds. The number of nitrogens with one attached hydrogen (secondary N) is 1. The zero-order chi connectivity index (χ0) is 21.7. The second-order valence-electron chi connectivity index (χ2n) is 8.39. The molecule has 0 unspecified atom stereocenters. The van der Waals surface area contributed by atoms with Gasteiger partial charge in [-0.1, -0.05) is 45.0 Å². The van der Waals surface area contributed by atoms with Crippen LogP contribution in [0.25, 0.3) is 11.0 Å². The van der Waals surface area contributed by atoms with Crippen LogP contribution in [-0.4, -0.2) is 17.6 Å². The third-order valence-electron chi connectivity index (χ3n) is 5.22. The Morgan fingerprint density at radius 3 is 2.03 bits per heavy atom. The van der Waals surface area contributed by atoms with Gasteiger partial charge in [-0.15, -0.1) is 0 Å². The maximum absolute atomic E-state index is 13.1. The highest BCUT2D eigenvalue weighted by molar-refractivity contribution is 9.10. The molecule has 0 spiro atoms. The first kappa shape index (κ1) is 21.8. The van der Waals surface area contributed by atoms with Crippen molar-refractivity contribution in [2.45, 2.75) is 44.0 Å². The minimum atomic E-state index is -3.81. The quantitative estimate of drug-likeness (QED) is 0.614. The summed E-state index contributed by atoms with van der Waals surface area (Å²) in [7, 11) is -0.524. The fourth-order valence-electron chi connectivity index (χ4n) is 3.34. The number of rotatable bonds is 4. The van der Waals surface area contributed by atoms with Gasteiger partial charge in [0.15, 0.2) is 0 Å². The lowest BCUT2D eigenvalue weighted by Gasteiger charge is -2.21. The number of hydrogen-bond donors (Lipinski definition) is 1. The largest absolute Gasteiger partial charge is 0.328 e. The summed E-state index contributed by atoms with van der Waals surface area (Å²) in [6.07, 6.45) is 0. The molecule has 6 nitrogen and oxygen atoms in total. The average Bonchev–Trinajstić information content (AvgIpc) is 2.84. The van der Waals surface area contributed by atoms with Crippen molar-refractivity contribution in [2.75, 3.05) is 0 Å². The summed E-state index contributed by atoms with van der Waals surface area (Å²) in [6, 6.07) is 10.7. The fraction of sp³-hybridized carbons (Fsp3) is 0.381. The summed E-state index contributed by atoms with van der Waals surface area (Å²) in [5, 5.41) is 0. The third kappa shape index (κ3) is 4.06. The number of nitrogens with zero attached hydrogens (tertiary/aromatic N) is 2. The molecule has 1 atom stereocenters. The molecule has 0 aliphatic rings. The van der Waals surface area contributed by atoms with Gasteiger partial charge in [-0.25, -0.2) is 17.9 Å². The van der Waals surface area contributed by atoms with E-state index in [0.29, 0.717) is 15.5 Å². The molecular weight excluding hydrogens is 454 g/mol. The SMILES string of the molecule is C[C@H](NS(=O)(=O)c1cc2c(cc1Br)n(C)c(=O)n2C)c1ccc(C(C)(C)C)cc1. The number of sulfonamides is 1. The number of fused-ring (bicyclic) bond motifs is 1. The van der Waals surface area contributed by atoms with Crippen molar-refractivity contribution in [1.29, 1.82) is 0 Å².